The lowest BCUT2D eigenvalue weighted by Crippen LogP contribution is -1.91. The van der Waals surface area contributed by atoms with E-state index in [1.807, 2.05) is 17.5 Å². The second-order valence-corrected chi connectivity index (χ2v) is 6.49. The van der Waals surface area contributed by atoms with Gasteiger partial charge in [-0.15, -0.1) is 11.3 Å². The molecular formula is C20H15N3O4S. The molecular weight excluding hydrogens is 378 g/mol. The number of non-ortho nitro benzene ring substituents is 1. The van der Waals surface area contributed by atoms with Gasteiger partial charge in [-0.05, 0) is 29.8 Å². The van der Waals surface area contributed by atoms with Crippen LogP contribution in [0.25, 0.3) is 22.9 Å². The third kappa shape index (κ3) is 4.00. The maximum absolute atomic E-state index is 10.9. The minimum Gasteiger partial charge on any atom is -0.493 e. The maximum atomic E-state index is 10.9. The van der Waals surface area contributed by atoms with Crippen molar-refractivity contribution in [3.8, 4) is 28.8 Å². The normalized spacial score (nSPS) is 11.0. The van der Waals surface area contributed by atoms with Gasteiger partial charge in [0.1, 0.15) is 11.1 Å². The van der Waals surface area contributed by atoms with E-state index in [1.165, 1.54) is 23.5 Å². The minimum absolute atomic E-state index is 0.0313. The summed E-state index contributed by atoms with van der Waals surface area (Å²) in [6.45, 7) is 0. The highest BCUT2D eigenvalue weighted by Gasteiger charge is 2.12. The molecule has 0 aliphatic heterocycles. The van der Waals surface area contributed by atoms with Crippen LogP contribution in [0.15, 0.2) is 47.8 Å². The van der Waals surface area contributed by atoms with Gasteiger partial charge in [0.05, 0.1) is 30.4 Å². The van der Waals surface area contributed by atoms with Crippen LogP contribution in [0.2, 0.25) is 0 Å². The molecule has 0 saturated carbocycles. The molecule has 0 aliphatic carbocycles. The van der Waals surface area contributed by atoms with Crippen molar-refractivity contribution in [3.63, 3.8) is 0 Å². The van der Waals surface area contributed by atoms with Crippen LogP contribution in [0, 0.1) is 21.4 Å². The summed E-state index contributed by atoms with van der Waals surface area (Å²) in [5.74, 6) is 1.20. The lowest BCUT2D eigenvalue weighted by molar-refractivity contribution is -0.384. The monoisotopic (exact) mass is 393 g/mol. The average molecular weight is 393 g/mol. The van der Waals surface area contributed by atoms with Gasteiger partial charge >= 0.3 is 0 Å². The number of nitro groups is 1. The Kier molecular flexibility index (Phi) is 5.67. The quantitative estimate of drug-likeness (QED) is 0.339. The SMILES string of the molecule is COc1ccc(-c2csc(C(C#N)=Cc3cccc([N+](=O)[O-])c3)n2)cc1OC. The number of rotatable bonds is 6. The van der Waals surface area contributed by atoms with E-state index in [2.05, 4.69) is 11.1 Å². The number of methoxy groups -OCH3 is 2. The first-order chi connectivity index (χ1) is 13.5. The number of thiazole rings is 1. The van der Waals surface area contributed by atoms with Crippen molar-refractivity contribution in [2.75, 3.05) is 14.2 Å². The fourth-order valence-electron chi connectivity index (χ4n) is 2.56. The number of nitro benzene ring substituents is 1. The Morgan fingerprint density at radius 1 is 1.21 bits per heavy atom. The number of hydrogen-bond donors (Lipinski definition) is 0. The van der Waals surface area contributed by atoms with Gasteiger partial charge in [-0.25, -0.2) is 4.98 Å². The highest BCUT2D eigenvalue weighted by Crippen LogP contribution is 2.34. The predicted octanol–water partition coefficient (Wildman–Crippen LogP) is 4.80. The fourth-order valence-corrected chi connectivity index (χ4v) is 3.36. The van der Waals surface area contributed by atoms with E-state index in [1.54, 1.807) is 38.5 Å². The Labute approximate surface area is 165 Å². The summed E-state index contributed by atoms with van der Waals surface area (Å²) in [6.07, 6.45) is 1.59. The summed E-state index contributed by atoms with van der Waals surface area (Å²) < 4.78 is 10.6. The molecule has 3 aromatic rings. The van der Waals surface area contributed by atoms with Crippen molar-refractivity contribution < 1.29 is 14.4 Å². The number of allylic oxidation sites excluding steroid dienone is 1. The van der Waals surface area contributed by atoms with Crippen LogP contribution in [-0.4, -0.2) is 24.1 Å². The van der Waals surface area contributed by atoms with E-state index in [0.29, 0.717) is 33.3 Å². The zero-order valence-electron chi connectivity index (χ0n) is 15.1. The van der Waals surface area contributed by atoms with Gasteiger partial charge in [0.15, 0.2) is 11.5 Å². The summed E-state index contributed by atoms with van der Waals surface area (Å²) >= 11 is 1.32. The Morgan fingerprint density at radius 2 is 2.00 bits per heavy atom. The van der Waals surface area contributed by atoms with Gasteiger partial charge in [0, 0.05) is 23.1 Å². The van der Waals surface area contributed by atoms with Crippen molar-refractivity contribution in [3.05, 3.63) is 68.5 Å². The molecule has 3 rings (SSSR count). The Bertz CT molecular complexity index is 1100. The van der Waals surface area contributed by atoms with Gasteiger partial charge in [-0.1, -0.05) is 12.1 Å². The van der Waals surface area contributed by atoms with Gasteiger partial charge < -0.3 is 9.47 Å². The first-order valence-electron chi connectivity index (χ1n) is 8.10. The molecule has 0 radical (unpaired) electrons. The van der Waals surface area contributed by atoms with Gasteiger partial charge in [0.2, 0.25) is 0 Å². The van der Waals surface area contributed by atoms with Crippen LogP contribution >= 0.6 is 11.3 Å². The van der Waals surface area contributed by atoms with Crippen molar-refractivity contribution in [1.29, 1.82) is 5.26 Å². The molecule has 0 saturated heterocycles. The van der Waals surface area contributed by atoms with E-state index in [9.17, 15) is 15.4 Å². The van der Waals surface area contributed by atoms with Crippen LogP contribution in [0.3, 0.4) is 0 Å². The van der Waals surface area contributed by atoms with Crippen molar-refractivity contribution in [1.82, 2.24) is 4.98 Å². The summed E-state index contributed by atoms with van der Waals surface area (Å²) in [5, 5.41) is 22.8. The van der Waals surface area contributed by atoms with Crippen LogP contribution in [0.5, 0.6) is 11.5 Å². The van der Waals surface area contributed by atoms with Crippen LogP contribution in [0.4, 0.5) is 5.69 Å². The largest absolute Gasteiger partial charge is 0.493 e. The lowest BCUT2D eigenvalue weighted by Gasteiger charge is -2.08. The maximum Gasteiger partial charge on any atom is 0.270 e. The zero-order valence-corrected chi connectivity index (χ0v) is 15.9. The molecule has 0 unspecified atom stereocenters. The molecule has 1 aromatic heterocycles. The van der Waals surface area contributed by atoms with Gasteiger partial charge in [-0.3, -0.25) is 10.1 Å². The Balaban J connectivity index is 1.95. The average Bonchev–Trinajstić information content (AvgIpc) is 3.21. The highest BCUT2D eigenvalue weighted by atomic mass is 32.1. The molecule has 0 spiro atoms. The molecule has 0 fully saturated rings. The number of nitriles is 1. The Morgan fingerprint density at radius 3 is 2.68 bits per heavy atom. The van der Waals surface area contributed by atoms with E-state index in [-0.39, 0.29) is 5.69 Å². The van der Waals surface area contributed by atoms with E-state index in [0.717, 1.165) is 5.56 Å². The van der Waals surface area contributed by atoms with Crippen LogP contribution < -0.4 is 9.47 Å². The number of benzene rings is 2. The predicted molar refractivity (Wildman–Crippen MR) is 107 cm³/mol. The third-order valence-corrected chi connectivity index (χ3v) is 4.80. The molecule has 2 aromatic carbocycles. The molecule has 140 valence electrons. The second kappa shape index (κ2) is 8.33. The second-order valence-electron chi connectivity index (χ2n) is 5.63. The van der Waals surface area contributed by atoms with Gasteiger partial charge in [-0.2, -0.15) is 5.26 Å². The number of hydrogen-bond acceptors (Lipinski definition) is 7. The molecule has 28 heavy (non-hydrogen) atoms. The first-order valence-corrected chi connectivity index (χ1v) is 8.98. The molecule has 0 N–H and O–H groups in total. The van der Waals surface area contributed by atoms with Gasteiger partial charge in [0.25, 0.3) is 5.69 Å². The third-order valence-electron chi connectivity index (χ3n) is 3.93. The van der Waals surface area contributed by atoms with Crippen molar-refractivity contribution >= 4 is 28.7 Å². The lowest BCUT2D eigenvalue weighted by atomic mass is 10.1. The molecule has 0 aliphatic rings. The topological polar surface area (TPSA) is 98.3 Å². The molecule has 0 bridgehead atoms. The number of nitrogens with zero attached hydrogens (tertiary/aromatic N) is 3. The van der Waals surface area contributed by atoms with E-state index in [4.69, 9.17) is 9.47 Å². The standard InChI is InChI=1S/C20H15N3O4S/c1-26-18-7-6-14(10-19(18)27-2)17-12-28-20(22-17)15(11-21)8-13-4-3-5-16(9-13)23(24)25/h3-10,12H,1-2H3. The number of ether oxygens (including phenoxy) is 2. The smallest absolute Gasteiger partial charge is 0.270 e. The number of aromatic nitrogens is 1. The van der Waals surface area contributed by atoms with Crippen molar-refractivity contribution in [2.45, 2.75) is 0 Å². The van der Waals surface area contributed by atoms with E-state index >= 15 is 0 Å². The van der Waals surface area contributed by atoms with Crippen LogP contribution in [-0.2, 0) is 0 Å². The summed E-state index contributed by atoms with van der Waals surface area (Å²) in [5.41, 5.74) is 2.39. The highest BCUT2D eigenvalue weighted by molar-refractivity contribution is 7.11. The van der Waals surface area contributed by atoms with Crippen LogP contribution in [0.1, 0.15) is 10.6 Å². The fraction of sp³-hybridized carbons (Fsp3) is 0.100. The first kappa shape index (κ1) is 19.1. The summed E-state index contributed by atoms with van der Waals surface area (Å²) in [6, 6.07) is 13.7. The summed E-state index contributed by atoms with van der Waals surface area (Å²) in [4.78, 5) is 15.0. The molecule has 0 amide bonds. The molecule has 8 heteroatoms. The molecule has 0 atom stereocenters. The minimum atomic E-state index is -0.470. The Hall–Kier alpha value is -3.70. The van der Waals surface area contributed by atoms with Crippen molar-refractivity contribution in [2.24, 2.45) is 0 Å². The molecule has 7 nitrogen and oxygen atoms in total. The summed E-state index contributed by atoms with van der Waals surface area (Å²) in [7, 11) is 3.13. The van der Waals surface area contributed by atoms with E-state index < -0.39 is 4.92 Å². The zero-order chi connectivity index (χ0) is 20.1. The molecule has 1 heterocycles.